The minimum absolute atomic E-state index is 0.248. The van der Waals surface area contributed by atoms with E-state index in [-0.39, 0.29) is 13.0 Å². The molecular weight excluding hydrogens is 372 g/mol. The molecule has 2 rings (SSSR count). The van der Waals surface area contributed by atoms with E-state index in [4.69, 9.17) is 5.11 Å². The Morgan fingerprint density at radius 2 is 1.21 bits per heavy atom. The monoisotopic (exact) mass is 400 g/mol. The van der Waals surface area contributed by atoms with Crippen molar-refractivity contribution in [1.29, 1.82) is 0 Å². The van der Waals surface area contributed by atoms with Crippen LogP contribution in [0.25, 0.3) is 0 Å². The van der Waals surface area contributed by atoms with Gasteiger partial charge in [0.25, 0.3) is 0 Å². The van der Waals surface area contributed by atoms with Crippen LogP contribution in [-0.2, 0) is 0 Å². The predicted molar refractivity (Wildman–Crippen MR) is 100 cm³/mol. The highest BCUT2D eigenvalue weighted by Gasteiger charge is 2.19. The first-order valence-corrected chi connectivity index (χ1v) is 9.60. The lowest BCUT2D eigenvalue weighted by Gasteiger charge is -2.10. The molecule has 0 spiro atoms. The second-order valence-electron chi connectivity index (χ2n) is 6.73. The molecular formula is C16H28N6O6. The molecule has 5 N–H and O–H groups in total. The summed E-state index contributed by atoms with van der Waals surface area (Å²) in [7, 11) is 0. The highest BCUT2D eigenvalue weighted by Crippen LogP contribution is 2.13. The van der Waals surface area contributed by atoms with Gasteiger partial charge in [-0.1, -0.05) is 44.9 Å². The van der Waals surface area contributed by atoms with Crippen molar-refractivity contribution in [2.45, 2.75) is 70.4 Å². The Morgan fingerprint density at radius 1 is 0.714 bits per heavy atom. The molecule has 2 aromatic rings. The fourth-order valence-electron chi connectivity index (χ4n) is 3.06. The van der Waals surface area contributed by atoms with E-state index in [1.54, 1.807) is 0 Å². The molecule has 0 amide bonds. The fraction of sp³-hybridized carbons (Fsp3) is 0.750. The van der Waals surface area contributed by atoms with Gasteiger partial charge in [0.05, 0.1) is 0 Å². The Labute approximate surface area is 159 Å². The Balaban J connectivity index is 1.81. The topological polar surface area (TPSA) is 171 Å². The van der Waals surface area contributed by atoms with Crippen LogP contribution in [0, 0.1) is 0 Å². The molecule has 0 radical (unpaired) electrons. The number of nitrogens with one attached hydrogen (secondary N) is 3. The standard InChI is InChI=1S/C16H28N6O6/c23-11-9-7-5-3-1-2-4-6-8-10-12(24)20-16(28)22(15(27)19-20)21-13(25)17-18-14(21)26/h12,23-24H,1-11H2,(H,17,25)(H,18,26)(H,19,27). The summed E-state index contributed by atoms with van der Waals surface area (Å²) in [5.74, 6) is 0. The Morgan fingerprint density at radius 3 is 1.75 bits per heavy atom. The second kappa shape index (κ2) is 10.7. The van der Waals surface area contributed by atoms with Crippen molar-refractivity contribution in [3.8, 4) is 0 Å². The molecule has 28 heavy (non-hydrogen) atoms. The van der Waals surface area contributed by atoms with Crippen LogP contribution >= 0.6 is 0 Å². The highest BCUT2D eigenvalue weighted by molar-refractivity contribution is 4.77. The SMILES string of the molecule is O=c1[nH][nH]c(=O)n1-n1c(=O)[nH]n(C(O)CCCCCCCCCCCO)c1=O. The molecule has 1 unspecified atom stereocenters. The summed E-state index contributed by atoms with van der Waals surface area (Å²) in [5.41, 5.74) is -3.95. The molecule has 158 valence electrons. The maximum Gasteiger partial charge on any atom is 0.369 e. The van der Waals surface area contributed by atoms with Crippen LogP contribution in [0.3, 0.4) is 0 Å². The molecule has 0 saturated heterocycles. The number of aliphatic hydroxyl groups is 2. The average Bonchev–Trinajstić information content (AvgIpc) is 3.14. The molecule has 12 heteroatoms. The van der Waals surface area contributed by atoms with Crippen molar-refractivity contribution in [1.82, 2.24) is 29.3 Å². The first-order chi connectivity index (χ1) is 13.5. The number of aliphatic hydroxyl groups excluding tert-OH is 2. The number of aromatic nitrogens is 6. The van der Waals surface area contributed by atoms with Crippen LogP contribution in [0.5, 0.6) is 0 Å². The quantitative estimate of drug-likeness (QED) is 0.276. The third-order valence-corrected chi connectivity index (χ3v) is 4.58. The molecule has 0 aliphatic rings. The number of H-pyrrole nitrogens is 3. The molecule has 0 saturated carbocycles. The summed E-state index contributed by atoms with van der Waals surface area (Å²) in [5, 5.41) is 25.0. The van der Waals surface area contributed by atoms with Crippen molar-refractivity contribution in [3.05, 3.63) is 41.9 Å². The van der Waals surface area contributed by atoms with Crippen LogP contribution in [0.4, 0.5) is 0 Å². The third kappa shape index (κ3) is 5.45. The number of hydrogen-bond donors (Lipinski definition) is 5. The first-order valence-electron chi connectivity index (χ1n) is 9.60. The number of unbranched alkanes of at least 4 members (excludes halogenated alkanes) is 8. The van der Waals surface area contributed by atoms with Crippen molar-refractivity contribution < 1.29 is 10.2 Å². The van der Waals surface area contributed by atoms with E-state index >= 15 is 0 Å². The van der Waals surface area contributed by atoms with E-state index in [9.17, 15) is 24.3 Å². The zero-order valence-corrected chi connectivity index (χ0v) is 15.7. The second-order valence-corrected chi connectivity index (χ2v) is 6.73. The zero-order chi connectivity index (χ0) is 20.5. The fourth-order valence-corrected chi connectivity index (χ4v) is 3.06. The van der Waals surface area contributed by atoms with E-state index in [0.29, 0.717) is 20.5 Å². The summed E-state index contributed by atoms with van der Waals surface area (Å²) < 4.78 is 1.37. The molecule has 0 bridgehead atoms. The van der Waals surface area contributed by atoms with E-state index in [1.165, 1.54) is 0 Å². The number of hydrogen-bond acceptors (Lipinski definition) is 6. The summed E-state index contributed by atoms with van der Waals surface area (Å²) in [6.07, 6.45) is 7.94. The largest absolute Gasteiger partial charge is 0.396 e. The summed E-state index contributed by atoms with van der Waals surface area (Å²) in [4.78, 5) is 47.4. The molecule has 2 heterocycles. The number of nitrogens with zero attached hydrogens (tertiary/aromatic N) is 3. The molecule has 0 fully saturated rings. The predicted octanol–water partition coefficient (Wildman–Crippen LogP) is -0.788. The normalized spacial score (nSPS) is 12.5. The zero-order valence-electron chi connectivity index (χ0n) is 15.7. The van der Waals surface area contributed by atoms with Gasteiger partial charge in [-0.15, -0.1) is 9.35 Å². The van der Waals surface area contributed by atoms with Gasteiger partial charge in [0.15, 0.2) is 6.23 Å². The van der Waals surface area contributed by atoms with Crippen molar-refractivity contribution in [3.63, 3.8) is 0 Å². The summed E-state index contributed by atoms with van der Waals surface area (Å²) >= 11 is 0. The van der Waals surface area contributed by atoms with Crippen LogP contribution in [0.2, 0.25) is 0 Å². The van der Waals surface area contributed by atoms with Gasteiger partial charge in [0, 0.05) is 6.61 Å². The van der Waals surface area contributed by atoms with Gasteiger partial charge in [-0.05, 0) is 19.3 Å². The van der Waals surface area contributed by atoms with Crippen LogP contribution in [0.15, 0.2) is 19.2 Å². The smallest absolute Gasteiger partial charge is 0.369 e. The molecule has 0 aliphatic heterocycles. The Bertz CT molecular complexity index is 917. The van der Waals surface area contributed by atoms with Crippen LogP contribution in [-0.4, -0.2) is 46.1 Å². The van der Waals surface area contributed by atoms with Gasteiger partial charge < -0.3 is 10.2 Å². The van der Waals surface area contributed by atoms with E-state index < -0.39 is 29.0 Å². The maximum absolute atomic E-state index is 12.3. The Kier molecular flexibility index (Phi) is 8.26. The number of rotatable bonds is 13. The van der Waals surface area contributed by atoms with Crippen molar-refractivity contribution in [2.24, 2.45) is 0 Å². The lowest BCUT2D eigenvalue weighted by molar-refractivity contribution is 0.0737. The third-order valence-electron chi connectivity index (χ3n) is 4.58. The summed E-state index contributed by atoms with van der Waals surface area (Å²) in [6, 6.07) is 0. The molecule has 12 nitrogen and oxygen atoms in total. The number of aromatic amines is 3. The van der Waals surface area contributed by atoms with Gasteiger partial charge in [-0.3, -0.25) is 0 Å². The van der Waals surface area contributed by atoms with Gasteiger partial charge in [-0.25, -0.2) is 39.2 Å². The van der Waals surface area contributed by atoms with E-state index in [0.717, 1.165) is 51.4 Å². The molecule has 0 aliphatic carbocycles. The van der Waals surface area contributed by atoms with Crippen molar-refractivity contribution >= 4 is 0 Å². The molecule has 1 atom stereocenters. The van der Waals surface area contributed by atoms with Gasteiger partial charge in [0.1, 0.15) is 0 Å². The maximum atomic E-state index is 12.3. The summed E-state index contributed by atoms with van der Waals surface area (Å²) in [6.45, 7) is 0.248. The average molecular weight is 400 g/mol. The van der Waals surface area contributed by atoms with E-state index in [2.05, 4.69) is 5.10 Å². The minimum Gasteiger partial charge on any atom is -0.396 e. The van der Waals surface area contributed by atoms with E-state index in [1.807, 2.05) is 10.2 Å². The van der Waals surface area contributed by atoms with Gasteiger partial charge >= 0.3 is 22.8 Å². The van der Waals surface area contributed by atoms with Crippen LogP contribution in [0.1, 0.15) is 70.4 Å². The highest BCUT2D eigenvalue weighted by atomic mass is 16.3. The molecule has 2 aromatic heterocycles. The first kappa shape index (κ1) is 21.7. The van der Waals surface area contributed by atoms with Gasteiger partial charge in [-0.2, -0.15) is 0 Å². The van der Waals surface area contributed by atoms with Crippen molar-refractivity contribution in [2.75, 3.05) is 6.61 Å². The minimum atomic E-state index is -1.26. The van der Waals surface area contributed by atoms with Crippen LogP contribution < -0.4 is 22.8 Å². The lowest BCUT2D eigenvalue weighted by Crippen LogP contribution is -2.45. The lowest BCUT2D eigenvalue weighted by atomic mass is 10.1. The van der Waals surface area contributed by atoms with Gasteiger partial charge in [0.2, 0.25) is 0 Å². The Hall–Kier alpha value is -2.60. The molecule has 0 aromatic carbocycles.